The number of anilines is 1. The number of alkyl halides is 5. The highest BCUT2D eigenvalue weighted by molar-refractivity contribution is 5.98. The van der Waals surface area contributed by atoms with Crippen LogP contribution in [0.3, 0.4) is 0 Å². The highest BCUT2D eigenvalue weighted by Gasteiger charge is 2.55. The van der Waals surface area contributed by atoms with Crippen molar-refractivity contribution in [1.82, 2.24) is 15.5 Å². The molecule has 1 saturated heterocycles. The van der Waals surface area contributed by atoms with Gasteiger partial charge in [-0.3, -0.25) is 19.3 Å². The zero-order valence-electron chi connectivity index (χ0n) is 24.3. The van der Waals surface area contributed by atoms with Crippen molar-refractivity contribution < 1.29 is 40.7 Å². The van der Waals surface area contributed by atoms with Crippen molar-refractivity contribution in [3.63, 3.8) is 0 Å². The van der Waals surface area contributed by atoms with Crippen LogP contribution in [-0.2, 0) is 32.5 Å². The van der Waals surface area contributed by atoms with Gasteiger partial charge in [-0.15, -0.1) is 0 Å². The Balaban J connectivity index is 0.000000247. The van der Waals surface area contributed by atoms with Gasteiger partial charge in [-0.2, -0.15) is 18.4 Å². The molecule has 3 amide bonds. The molecule has 0 bridgehead atoms. The number of nitrogens with one attached hydrogen (secondary N) is 2. The maximum atomic E-state index is 13.9. The zero-order chi connectivity index (χ0) is 33.3. The maximum Gasteiger partial charge on any atom is 0.416 e. The summed E-state index contributed by atoms with van der Waals surface area (Å²) < 4.78 is 81.2. The average molecular weight is 646 g/mol. The van der Waals surface area contributed by atoms with Gasteiger partial charge in [-0.05, 0) is 73.0 Å². The maximum absolute atomic E-state index is 13.9. The minimum absolute atomic E-state index is 0.0423. The number of likely N-dealkylation sites (tertiary alicyclic amines) is 1. The van der Waals surface area contributed by atoms with Crippen molar-refractivity contribution in [3.05, 3.63) is 88.9 Å². The number of nitrogens with zero attached hydrogens (tertiary/aromatic N) is 3. The number of rotatable bonds is 6. The van der Waals surface area contributed by atoms with Crippen LogP contribution in [0.5, 0.6) is 0 Å². The van der Waals surface area contributed by atoms with Crippen LogP contribution in [-0.4, -0.2) is 47.8 Å². The van der Waals surface area contributed by atoms with Crippen molar-refractivity contribution >= 4 is 23.9 Å². The summed E-state index contributed by atoms with van der Waals surface area (Å²) in [6, 6.07) is 9.23. The molecule has 2 heterocycles. The lowest BCUT2D eigenvalue weighted by atomic mass is 9.84. The van der Waals surface area contributed by atoms with Crippen LogP contribution >= 0.6 is 0 Å². The lowest BCUT2D eigenvalue weighted by molar-refractivity contribution is -0.138. The Hall–Kier alpha value is -4.80. The van der Waals surface area contributed by atoms with Crippen LogP contribution in [0.15, 0.2) is 66.4 Å². The molecule has 2 unspecified atom stereocenters. The number of carbonyl (C=O) groups excluding carboxylic acids is 3. The summed E-state index contributed by atoms with van der Waals surface area (Å²) in [4.78, 5) is 39.7. The number of hydrogen-bond acceptors (Lipinski definition) is 5. The number of allylic oxidation sites excluding steroid dienone is 2. The lowest BCUT2D eigenvalue weighted by Crippen LogP contribution is -2.60. The third-order valence-corrected chi connectivity index (χ3v) is 8.51. The van der Waals surface area contributed by atoms with Gasteiger partial charge < -0.3 is 15.5 Å². The summed E-state index contributed by atoms with van der Waals surface area (Å²) in [7, 11) is 0. The van der Waals surface area contributed by atoms with Crippen molar-refractivity contribution in [3.8, 4) is 6.07 Å². The Morgan fingerprint density at radius 1 is 1.15 bits per heavy atom. The largest absolute Gasteiger partial charge is 0.416 e. The summed E-state index contributed by atoms with van der Waals surface area (Å²) in [5.74, 6) is -4.38. The molecule has 2 aliphatic carbocycles. The first kappa shape index (κ1) is 32.6. The molecule has 2 fully saturated rings. The van der Waals surface area contributed by atoms with E-state index < -0.39 is 53.8 Å². The number of carbonyl (C=O) groups is 3. The highest BCUT2D eigenvalue weighted by Crippen LogP contribution is 2.48. The molecule has 2 aromatic rings. The average Bonchev–Trinajstić information content (AvgIpc) is 3.61. The predicted octanol–water partition coefficient (Wildman–Crippen LogP) is 5.06. The van der Waals surface area contributed by atoms with E-state index in [1.54, 1.807) is 23.3 Å². The van der Waals surface area contributed by atoms with E-state index in [0.717, 1.165) is 42.1 Å². The number of fused-ring (bicyclic) bond motifs is 1. The highest BCUT2D eigenvalue weighted by atomic mass is 19.4. The summed E-state index contributed by atoms with van der Waals surface area (Å²) in [5.41, 5.74) is -2.54. The summed E-state index contributed by atoms with van der Waals surface area (Å²) >= 11 is 0. The molecular formula is C32H29F6N5O3. The molecule has 46 heavy (non-hydrogen) atoms. The smallest absolute Gasteiger partial charge is 0.368 e. The van der Waals surface area contributed by atoms with Gasteiger partial charge in [0.25, 0.3) is 11.8 Å². The first-order valence-corrected chi connectivity index (χ1v) is 14.5. The predicted molar refractivity (Wildman–Crippen MR) is 153 cm³/mol. The first-order chi connectivity index (χ1) is 21.8. The van der Waals surface area contributed by atoms with Crippen LogP contribution in [0.4, 0.5) is 32.0 Å². The number of hydrogen-bond donors (Lipinski definition) is 2. The van der Waals surface area contributed by atoms with Gasteiger partial charge in [0.2, 0.25) is 12.3 Å². The summed E-state index contributed by atoms with van der Waals surface area (Å²) in [6.07, 6.45) is 0.542. The first-order valence-electron chi connectivity index (χ1n) is 14.5. The Labute approximate surface area is 260 Å². The van der Waals surface area contributed by atoms with E-state index in [1.807, 2.05) is 0 Å². The van der Waals surface area contributed by atoms with E-state index in [4.69, 9.17) is 5.26 Å². The normalized spacial score (nSPS) is 23.2. The second-order valence-corrected chi connectivity index (χ2v) is 11.4. The number of benzene rings is 2. The number of halogens is 6. The molecule has 2 aliphatic heterocycles. The fraction of sp³-hybridized carbons (Fsp3) is 0.375. The minimum atomic E-state index is -4.70. The third-order valence-electron chi connectivity index (χ3n) is 8.51. The van der Waals surface area contributed by atoms with Gasteiger partial charge in [-0.25, -0.2) is 13.2 Å². The molecule has 0 spiro atoms. The molecule has 0 aromatic heterocycles. The van der Waals surface area contributed by atoms with E-state index >= 15 is 0 Å². The van der Waals surface area contributed by atoms with Gasteiger partial charge in [0.05, 0.1) is 17.2 Å². The van der Waals surface area contributed by atoms with Crippen LogP contribution in [0.1, 0.15) is 48.8 Å². The van der Waals surface area contributed by atoms with Crippen LogP contribution in [0.25, 0.3) is 0 Å². The van der Waals surface area contributed by atoms with Crippen LogP contribution in [0.2, 0.25) is 0 Å². The van der Waals surface area contributed by atoms with Crippen molar-refractivity contribution in [2.24, 2.45) is 0 Å². The molecule has 0 radical (unpaired) electrons. The summed E-state index contributed by atoms with van der Waals surface area (Å²) in [5, 5.41) is 14.2. The quantitative estimate of drug-likeness (QED) is 0.338. The number of dihydropyridines is 1. The van der Waals surface area contributed by atoms with E-state index in [9.17, 15) is 40.7 Å². The minimum Gasteiger partial charge on any atom is -0.368 e. The van der Waals surface area contributed by atoms with Gasteiger partial charge in [0.1, 0.15) is 12.0 Å². The van der Waals surface area contributed by atoms with E-state index in [-0.39, 0.29) is 48.1 Å². The van der Waals surface area contributed by atoms with Gasteiger partial charge >= 0.3 is 6.18 Å². The topological polar surface area (TPSA) is 106 Å². The van der Waals surface area contributed by atoms with E-state index in [0.29, 0.717) is 12.0 Å². The molecule has 2 atom stereocenters. The van der Waals surface area contributed by atoms with E-state index in [1.165, 1.54) is 18.2 Å². The SMILES string of the molecule is N#CC1=CC(N2CCCC2=O)NC=C1.O=CN(c1cccc(F)c1)C1(C(=O)NC2CC(F)(F)C2)CCc2c(C(F)(F)F)cccc21. The standard InChI is InChI=1S/C22H18F6N2O2.C10H11N3O/c23-13-3-1-4-15(9-13)30(12-31)21(19(32)29-14-10-20(24,25)11-14)8-7-16-17(21)5-2-6-18(16)22(26,27)28;11-7-8-3-4-12-9(6-8)13-5-1-2-10(13)14/h1-6,9,12,14H,7-8,10-11H2,(H,29,32);3-4,6,9,12H,1-2,5H2. The fourth-order valence-electron chi connectivity index (χ4n) is 6.34. The molecule has 2 aromatic carbocycles. The third kappa shape index (κ3) is 6.31. The van der Waals surface area contributed by atoms with Gasteiger partial charge in [0.15, 0.2) is 5.54 Å². The molecule has 14 heteroatoms. The number of amides is 3. The molecular weight excluding hydrogens is 616 g/mol. The van der Waals surface area contributed by atoms with Crippen LogP contribution < -0.4 is 15.5 Å². The van der Waals surface area contributed by atoms with Crippen molar-refractivity contribution in [1.29, 1.82) is 5.26 Å². The monoisotopic (exact) mass is 645 g/mol. The second kappa shape index (κ2) is 12.5. The number of nitriles is 1. The molecule has 2 N–H and O–H groups in total. The molecule has 6 rings (SSSR count). The fourth-order valence-corrected chi connectivity index (χ4v) is 6.34. The Bertz CT molecular complexity index is 1630. The second-order valence-electron chi connectivity index (χ2n) is 11.4. The molecule has 242 valence electrons. The van der Waals surface area contributed by atoms with E-state index in [2.05, 4.69) is 16.7 Å². The molecule has 1 saturated carbocycles. The Kier molecular flexibility index (Phi) is 8.88. The van der Waals surface area contributed by atoms with Gasteiger partial charge in [0, 0.05) is 37.5 Å². The Morgan fingerprint density at radius 3 is 2.50 bits per heavy atom. The summed E-state index contributed by atoms with van der Waals surface area (Å²) in [6.45, 7) is 0.777. The molecule has 4 aliphatic rings. The lowest BCUT2D eigenvalue weighted by Gasteiger charge is -2.42. The Morgan fingerprint density at radius 2 is 1.89 bits per heavy atom. The van der Waals surface area contributed by atoms with Crippen LogP contribution in [0, 0.1) is 17.1 Å². The molecule has 8 nitrogen and oxygen atoms in total. The van der Waals surface area contributed by atoms with Gasteiger partial charge in [-0.1, -0.05) is 18.2 Å². The zero-order valence-corrected chi connectivity index (χ0v) is 24.3. The van der Waals surface area contributed by atoms with Crippen molar-refractivity contribution in [2.45, 2.75) is 68.4 Å². The van der Waals surface area contributed by atoms with Crippen molar-refractivity contribution in [2.75, 3.05) is 11.4 Å².